The molecule has 0 aliphatic heterocycles. The van der Waals surface area contributed by atoms with Crippen molar-refractivity contribution in [3.05, 3.63) is 0 Å². The number of carbonyl (C=O) groups excluding carboxylic acids is 1. The molecule has 0 fully saturated rings. The normalized spacial score (nSPS) is 13.8. The maximum atomic E-state index is 11.3. The molecule has 0 saturated carbocycles. The van der Waals surface area contributed by atoms with E-state index < -0.39 is 11.7 Å². The summed E-state index contributed by atoms with van der Waals surface area (Å²) in [5.74, 6) is 0.419. The third-order valence-electron chi connectivity index (χ3n) is 2.08. The van der Waals surface area contributed by atoms with Crippen LogP contribution in [0.5, 0.6) is 0 Å². The van der Waals surface area contributed by atoms with Crippen LogP contribution in [0.15, 0.2) is 0 Å². The molecule has 0 aromatic carbocycles. The molecule has 0 saturated heterocycles. The van der Waals surface area contributed by atoms with Gasteiger partial charge in [0, 0.05) is 19.1 Å². The summed E-state index contributed by atoms with van der Waals surface area (Å²) in [5.41, 5.74) is -0.476. The molecule has 0 bridgehead atoms. The van der Waals surface area contributed by atoms with E-state index in [9.17, 15) is 4.79 Å². The first-order valence-corrected chi connectivity index (χ1v) is 5.34. The summed E-state index contributed by atoms with van der Waals surface area (Å²) >= 11 is 0. The molecule has 0 radical (unpaired) electrons. The molecular weight excluding hydrogens is 194 g/mol. The lowest BCUT2D eigenvalue weighted by Crippen LogP contribution is -2.37. The monoisotopic (exact) mass is 217 g/mol. The van der Waals surface area contributed by atoms with Gasteiger partial charge >= 0.3 is 6.09 Å². The van der Waals surface area contributed by atoms with Crippen LogP contribution in [0, 0.1) is 11.8 Å². The van der Waals surface area contributed by atoms with E-state index in [0.717, 1.165) is 0 Å². The highest BCUT2D eigenvalue weighted by molar-refractivity contribution is 5.67. The Kier molecular flexibility index (Phi) is 5.65. The highest BCUT2D eigenvalue weighted by Gasteiger charge is 2.18. The van der Waals surface area contributed by atoms with Crippen LogP contribution >= 0.6 is 0 Å². The molecule has 4 nitrogen and oxygen atoms in total. The van der Waals surface area contributed by atoms with E-state index in [4.69, 9.17) is 9.84 Å². The average Bonchev–Trinajstić information content (AvgIpc) is 2.01. The van der Waals surface area contributed by atoms with Gasteiger partial charge in [-0.2, -0.15) is 0 Å². The van der Waals surface area contributed by atoms with E-state index in [-0.39, 0.29) is 12.5 Å². The Morgan fingerprint density at radius 1 is 1.40 bits per heavy atom. The number of hydrogen-bond acceptors (Lipinski definition) is 3. The van der Waals surface area contributed by atoms with Gasteiger partial charge in [0.25, 0.3) is 0 Å². The standard InChI is InChI=1S/C11H23NO3/c1-8(2)9(7-13)6-12-10(14)15-11(3,4)5/h8-9,13H,6-7H2,1-5H3,(H,12,14). The van der Waals surface area contributed by atoms with Crippen LogP contribution in [0.2, 0.25) is 0 Å². The highest BCUT2D eigenvalue weighted by atomic mass is 16.6. The van der Waals surface area contributed by atoms with E-state index >= 15 is 0 Å². The van der Waals surface area contributed by atoms with Gasteiger partial charge < -0.3 is 15.2 Å². The second-order valence-corrected chi connectivity index (χ2v) is 5.07. The summed E-state index contributed by atoms with van der Waals surface area (Å²) < 4.78 is 5.08. The summed E-state index contributed by atoms with van der Waals surface area (Å²) in [6.45, 7) is 10.0. The summed E-state index contributed by atoms with van der Waals surface area (Å²) in [6.07, 6.45) is -0.429. The average molecular weight is 217 g/mol. The van der Waals surface area contributed by atoms with Crippen molar-refractivity contribution < 1.29 is 14.6 Å². The first kappa shape index (κ1) is 14.2. The van der Waals surface area contributed by atoms with E-state index in [1.165, 1.54) is 0 Å². The lowest BCUT2D eigenvalue weighted by atomic mass is 9.97. The van der Waals surface area contributed by atoms with Crippen LogP contribution in [0.4, 0.5) is 4.79 Å². The fourth-order valence-electron chi connectivity index (χ4n) is 1.04. The molecule has 15 heavy (non-hydrogen) atoms. The quantitative estimate of drug-likeness (QED) is 0.754. The molecule has 1 unspecified atom stereocenters. The largest absolute Gasteiger partial charge is 0.444 e. The van der Waals surface area contributed by atoms with Crippen LogP contribution in [-0.2, 0) is 4.74 Å². The van der Waals surface area contributed by atoms with E-state index in [0.29, 0.717) is 12.5 Å². The second-order valence-electron chi connectivity index (χ2n) is 5.07. The number of ether oxygens (including phenoxy) is 1. The van der Waals surface area contributed by atoms with Gasteiger partial charge in [-0.25, -0.2) is 4.79 Å². The first-order valence-electron chi connectivity index (χ1n) is 5.34. The van der Waals surface area contributed by atoms with E-state index in [2.05, 4.69) is 5.32 Å². The maximum Gasteiger partial charge on any atom is 0.407 e. The van der Waals surface area contributed by atoms with Crippen LogP contribution in [0.25, 0.3) is 0 Å². The van der Waals surface area contributed by atoms with Gasteiger partial charge in [0.15, 0.2) is 0 Å². The topological polar surface area (TPSA) is 58.6 Å². The number of rotatable bonds is 4. The van der Waals surface area contributed by atoms with Gasteiger partial charge in [-0.05, 0) is 26.7 Å². The van der Waals surface area contributed by atoms with Gasteiger partial charge in [0.1, 0.15) is 5.60 Å². The predicted molar refractivity (Wildman–Crippen MR) is 59.7 cm³/mol. The fourth-order valence-corrected chi connectivity index (χ4v) is 1.04. The molecule has 0 heterocycles. The van der Waals surface area contributed by atoms with Crippen molar-refractivity contribution in [3.63, 3.8) is 0 Å². The molecule has 0 aliphatic carbocycles. The van der Waals surface area contributed by atoms with Crippen molar-refractivity contribution in [1.82, 2.24) is 5.32 Å². The first-order chi connectivity index (χ1) is 6.76. The fraction of sp³-hybridized carbons (Fsp3) is 0.909. The van der Waals surface area contributed by atoms with Gasteiger partial charge in [-0.15, -0.1) is 0 Å². The van der Waals surface area contributed by atoms with Crippen LogP contribution in [0.1, 0.15) is 34.6 Å². The smallest absolute Gasteiger partial charge is 0.407 e. The number of amides is 1. The van der Waals surface area contributed by atoms with Crippen molar-refractivity contribution in [3.8, 4) is 0 Å². The van der Waals surface area contributed by atoms with Crippen LogP contribution < -0.4 is 5.32 Å². The molecule has 1 amide bonds. The molecule has 0 aromatic heterocycles. The number of nitrogens with one attached hydrogen (secondary N) is 1. The Morgan fingerprint density at radius 3 is 2.27 bits per heavy atom. The van der Waals surface area contributed by atoms with Gasteiger partial charge in [0.05, 0.1) is 0 Å². The zero-order chi connectivity index (χ0) is 12.1. The van der Waals surface area contributed by atoms with Crippen molar-refractivity contribution in [2.45, 2.75) is 40.2 Å². The minimum atomic E-state index is -0.476. The number of hydrogen-bond donors (Lipinski definition) is 2. The number of aliphatic hydroxyl groups excluding tert-OH is 1. The summed E-state index contributed by atoms with van der Waals surface area (Å²) in [4.78, 5) is 11.3. The number of carbonyl (C=O) groups is 1. The zero-order valence-corrected chi connectivity index (χ0v) is 10.3. The Hall–Kier alpha value is -0.770. The Balaban J connectivity index is 3.89. The molecule has 90 valence electrons. The summed E-state index contributed by atoms with van der Waals surface area (Å²) in [5, 5.41) is 11.7. The molecule has 0 rings (SSSR count). The SMILES string of the molecule is CC(C)C(CO)CNC(=O)OC(C)(C)C. The Morgan fingerprint density at radius 2 is 1.93 bits per heavy atom. The van der Waals surface area contributed by atoms with Crippen molar-refractivity contribution in [2.75, 3.05) is 13.2 Å². The predicted octanol–water partition coefficient (Wildman–Crippen LogP) is 1.78. The molecule has 1 atom stereocenters. The third-order valence-corrected chi connectivity index (χ3v) is 2.08. The van der Waals surface area contributed by atoms with Crippen molar-refractivity contribution in [1.29, 1.82) is 0 Å². The molecule has 0 aromatic rings. The van der Waals surface area contributed by atoms with E-state index in [1.807, 2.05) is 34.6 Å². The van der Waals surface area contributed by atoms with Gasteiger partial charge in [-0.3, -0.25) is 0 Å². The third kappa shape index (κ3) is 7.19. The maximum absolute atomic E-state index is 11.3. The summed E-state index contributed by atoms with van der Waals surface area (Å²) in [7, 11) is 0. The molecule has 2 N–H and O–H groups in total. The van der Waals surface area contributed by atoms with Crippen molar-refractivity contribution in [2.24, 2.45) is 11.8 Å². The minimum Gasteiger partial charge on any atom is -0.444 e. The Labute approximate surface area is 92.0 Å². The highest BCUT2D eigenvalue weighted by Crippen LogP contribution is 2.10. The number of aliphatic hydroxyl groups is 1. The Bertz CT molecular complexity index is 196. The molecular formula is C11H23NO3. The molecule has 0 spiro atoms. The molecule has 0 aliphatic rings. The van der Waals surface area contributed by atoms with Crippen molar-refractivity contribution >= 4 is 6.09 Å². The summed E-state index contributed by atoms with van der Waals surface area (Å²) in [6, 6.07) is 0. The lowest BCUT2D eigenvalue weighted by molar-refractivity contribution is 0.0505. The second kappa shape index (κ2) is 5.95. The minimum absolute atomic E-state index is 0.0768. The van der Waals surface area contributed by atoms with E-state index in [1.54, 1.807) is 0 Å². The van der Waals surface area contributed by atoms with Crippen LogP contribution in [-0.4, -0.2) is 30.0 Å². The zero-order valence-electron chi connectivity index (χ0n) is 10.3. The lowest BCUT2D eigenvalue weighted by Gasteiger charge is -2.22. The van der Waals surface area contributed by atoms with Gasteiger partial charge in [-0.1, -0.05) is 13.8 Å². The van der Waals surface area contributed by atoms with Crippen LogP contribution in [0.3, 0.4) is 0 Å². The van der Waals surface area contributed by atoms with Gasteiger partial charge in [0.2, 0.25) is 0 Å². The molecule has 4 heteroatoms. The number of alkyl carbamates (subject to hydrolysis) is 1.